The van der Waals surface area contributed by atoms with E-state index in [0.29, 0.717) is 0 Å². The predicted octanol–water partition coefficient (Wildman–Crippen LogP) is 2.57. The number of nitrogens with one attached hydrogen (secondary N) is 1. The van der Waals surface area contributed by atoms with Crippen LogP contribution in [0.4, 0.5) is 0 Å². The Balaban J connectivity index is 1.86. The first-order valence-electron chi connectivity index (χ1n) is 8.90. The van der Waals surface area contributed by atoms with Crippen molar-refractivity contribution in [3.8, 4) is 0 Å². The Morgan fingerprint density at radius 1 is 1.15 bits per heavy atom. The summed E-state index contributed by atoms with van der Waals surface area (Å²) in [5, 5.41) is 3.85. The largest absolute Gasteiger partial charge is 0.312 e. The molecule has 0 aromatic carbocycles. The molecule has 1 N–H and O–H groups in total. The average molecular weight is 281 g/mol. The number of nitrogens with zero attached hydrogens (tertiary/aromatic N) is 2. The Bertz CT molecular complexity index is 263. The summed E-state index contributed by atoms with van der Waals surface area (Å²) in [5.41, 5.74) is 0. The molecule has 2 rings (SSSR count). The molecule has 118 valence electrons. The molecule has 2 aliphatic rings. The molecule has 0 bridgehead atoms. The van der Waals surface area contributed by atoms with Crippen molar-refractivity contribution in [3.63, 3.8) is 0 Å². The number of hydrogen-bond donors (Lipinski definition) is 1. The molecule has 0 aromatic rings. The first-order chi connectivity index (χ1) is 9.74. The van der Waals surface area contributed by atoms with Crippen LogP contribution in [0.3, 0.4) is 0 Å². The van der Waals surface area contributed by atoms with Gasteiger partial charge >= 0.3 is 0 Å². The van der Waals surface area contributed by atoms with E-state index in [1.165, 1.54) is 71.2 Å². The van der Waals surface area contributed by atoms with E-state index in [1.807, 2.05) is 0 Å². The van der Waals surface area contributed by atoms with Crippen molar-refractivity contribution in [2.24, 2.45) is 5.92 Å². The van der Waals surface area contributed by atoms with Crippen LogP contribution in [0.15, 0.2) is 0 Å². The van der Waals surface area contributed by atoms with Gasteiger partial charge in [-0.15, -0.1) is 0 Å². The highest BCUT2D eigenvalue weighted by Gasteiger charge is 2.29. The van der Waals surface area contributed by atoms with E-state index in [9.17, 15) is 0 Å². The molecule has 0 radical (unpaired) electrons. The first-order valence-corrected chi connectivity index (χ1v) is 8.90. The van der Waals surface area contributed by atoms with Gasteiger partial charge in [0.2, 0.25) is 0 Å². The quantitative estimate of drug-likeness (QED) is 0.774. The van der Waals surface area contributed by atoms with Crippen LogP contribution in [-0.4, -0.2) is 61.7 Å². The molecule has 3 heteroatoms. The molecule has 2 unspecified atom stereocenters. The van der Waals surface area contributed by atoms with Crippen molar-refractivity contribution in [1.82, 2.24) is 15.1 Å². The van der Waals surface area contributed by atoms with Gasteiger partial charge in [0.25, 0.3) is 0 Å². The molecule has 1 heterocycles. The van der Waals surface area contributed by atoms with Gasteiger partial charge in [-0.1, -0.05) is 26.7 Å². The first kappa shape index (κ1) is 16.3. The van der Waals surface area contributed by atoms with Crippen LogP contribution in [0, 0.1) is 5.92 Å². The Labute approximate surface area is 126 Å². The van der Waals surface area contributed by atoms with Crippen molar-refractivity contribution in [2.45, 2.75) is 64.5 Å². The molecule has 0 spiro atoms. The Morgan fingerprint density at radius 2 is 1.90 bits per heavy atom. The summed E-state index contributed by atoms with van der Waals surface area (Å²) in [5.74, 6) is 0.932. The third-order valence-electron chi connectivity index (χ3n) is 5.41. The van der Waals surface area contributed by atoms with Crippen LogP contribution in [0.5, 0.6) is 0 Å². The van der Waals surface area contributed by atoms with E-state index in [1.54, 1.807) is 0 Å². The standard InChI is InChI=1S/C17H35N3/c1-4-10-18-17(15-8-6-7-9-15)14-20-12-11-19(3)16(5-2)13-20/h15-18H,4-14H2,1-3H3. The van der Waals surface area contributed by atoms with Crippen LogP contribution in [0.1, 0.15) is 52.4 Å². The molecular weight excluding hydrogens is 246 g/mol. The minimum absolute atomic E-state index is 0.735. The molecule has 2 fully saturated rings. The lowest BCUT2D eigenvalue weighted by molar-refractivity contribution is 0.0796. The molecule has 0 amide bonds. The summed E-state index contributed by atoms with van der Waals surface area (Å²) in [7, 11) is 2.29. The van der Waals surface area contributed by atoms with Gasteiger partial charge in [-0.2, -0.15) is 0 Å². The number of piperazine rings is 1. The van der Waals surface area contributed by atoms with Crippen molar-refractivity contribution in [1.29, 1.82) is 0 Å². The number of rotatable bonds is 7. The third kappa shape index (κ3) is 4.44. The van der Waals surface area contributed by atoms with E-state index < -0.39 is 0 Å². The fraction of sp³-hybridized carbons (Fsp3) is 1.00. The Kier molecular flexibility index (Phi) is 6.79. The molecule has 1 aliphatic heterocycles. The fourth-order valence-electron chi connectivity index (χ4n) is 3.96. The number of hydrogen-bond acceptors (Lipinski definition) is 3. The molecule has 1 saturated carbocycles. The van der Waals surface area contributed by atoms with Crippen LogP contribution in [-0.2, 0) is 0 Å². The highest BCUT2D eigenvalue weighted by molar-refractivity contribution is 4.87. The zero-order valence-corrected chi connectivity index (χ0v) is 13.9. The maximum atomic E-state index is 3.85. The van der Waals surface area contributed by atoms with Crippen molar-refractivity contribution < 1.29 is 0 Å². The topological polar surface area (TPSA) is 18.5 Å². The molecule has 3 nitrogen and oxygen atoms in total. The molecular formula is C17H35N3. The summed E-state index contributed by atoms with van der Waals surface area (Å²) >= 11 is 0. The van der Waals surface area contributed by atoms with Crippen molar-refractivity contribution >= 4 is 0 Å². The summed E-state index contributed by atoms with van der Waals surface area (Å²) in [6.45, 7) is 10.8. The highest BCUT2D eigenvalue weighted by Crippen LogP contribution is 2.28. The van der Waals surface area contributed by atoms with Gasteiger partial charge in [-0.05, 0) is 45.2 Å². The van der Waals surface area contributed by atoms with E-state index in [2.05, 4.69) is 36.0 Å². The minimum atomic E-state index is 0.735. The lowest BCUT2D eigenvalue weighted by atomic mass is 9.96. The second-order valence-electron chi connectivity index (χ2n) is 6.91. The number of likely N-dealkylation sites (N-methyl/N-ethyl adjacent to an activating group) is 1. The van der Waals surface area contributed by atoms with Crippen LogP contribution in [0.2, 0.25) is 0 Å². The van der Waals surface area contributed by atoms with E-state index in [-0.39, 0.29) is 0 Å². The summed E-state index contributed by atoms with van der Waals surface area (Å²) in [6, 6.07) is 1.50. The van der Waals surface area contributed by atoms with Gasteiger partial charge < -0.3 is 10.2 Å². The van der Waals surface area contributed by atoms with Gasteiger partial charge in [0.1, 0.15) is 0 Å². The van der Waals surface area contributed by atoms with Crippen molar-refractivity contribution in [3.05, 3.63) is 0 Å². The van der Waals surface area contributed by atoms with E-state index >= 15 is 0 Å². The monoisotopic (exact) mass is 281 g/mol. The van der Waals surface area contributed by atoms with Crippen molar-refractivity contribution in [2.75, 3.05) is 39.8 Å². The zero-order chi connectivity index (χ0) is 14.4. The van der Waals surface area contributed by atoms with Crippen LogP contribution >= 0.6 is 0 Å². The van der Waals surface area contributed by atoms with Crippen LogP contribution < -0.4 is 5.32 Å². The Hall–Kier alpha value is -0.120. The normalized spacial score (nSPS) is 28.1. The SMILES string of the molecule is CCCNC(CN1CCN(C)C(CC)C1)C1CCCC1. The highest BCUT2D eigenvalue weighted by atomic mass is 15.3. The maximum absolute atomic E-state index is 3.85. The molecule has 2 atom stereocenters. The summed E-state index contributed by atoms with van der Waals surface area (Å²) < 4.78 is 0. The van der Waals surface area contributed by atoms with Gasteiger partial charge in [-0.3, -0.25) is 4.90 Å². The fourth-order valence-corrected chi connectivity index (χ4v) is 3.96. The molecule has 20 heavy (non-hydrogen) atoms. The average Bonchev–Trinajstić information content (AvgIpc) is 2.99. The van der Waals surface area contributed by atoms with Gasteiger partial charge in [0, 0.05) is 38.3 Å². The smallest absolute Gasteiger partial charge is 0.0223 e. The Morgan fingerprint density at radius 3 is 2.55 bits per heavy atom. The maximum Gasteiger partial charge on any atom is 0.0223 e. The minimum Gasteiger partial charge on any atom is -0.312 e. The van der Waals surface area contributed by atoms with E-state index in [4.69, 9.17) is 0 Å². The molecule has 1 aliphatic carbocycles. The lowest BCUT2D eigenvalue weighted by Crippen LogP contribution is -2.55. The van der Waals surface area contributed by atoms with Crippen LogP contribution in [0.25, 0.3) is 0 Å². The summed E-state index contributed by atoms with van der Waals surface area (Å²) in [6.07, 6.45) is 8.34. The summed E-state index contributed by atoms with van der Waals surface area (Å²) in [4.78, 5) is 5.26. The third-order valence-corrected chi connectivity index (χ3v) is 5.41. The molecule has 0 aromatic heterocycles. The van der Waals surface area contributed by atoms with E-state index in [0.717, 1.165) is 18.0 Å². The van der Waals surface area contributed by atoms with Gasteiger partial charge in [0.15, 0.2) is 0 Å². The molecule has 1 saturated heterocycles. The zero-order valence-electron chi connectivity index (χ0n) is 13.9. The predicted molar refractivity (Wildman–Crippen MR) is 87.2 cm³/mol. The van der Waals surface area contributed by atoms with Gasteiger partial charge in [0.05, 0.1) is 0 Å². The lowest BCUT2D eigenvalue weighted by Gasteiger charge is -2.41. The second kappa shape index (κ2) is 8.35. The second-order valence-corrected chi connectivity index (χ2v) is 6.91. The van der Waals surface area contributed by atoms with Gasteiger partial charge in [-0.25, -0.2) is 0 Å².